The van der Waals surface area contributed by atoms with Crippen molar-refractivity contribution in [3.63, 3.8) is 0 Å². The number of rotatable bonds is 4. The van der Waals surface area contributed by atoms with Crippen molar-refractivity contribution in [1.82, 2.24) is 4.90 Å². The molecule has 1 aliphatic rings. The van der Waals surface area contributed by atoms with Crippen LogP contribution in [0.2, 0.25) is 0 Å². The molecule has 0 aliphatic carbocycles. The molecule has 1 atom stereocenters. The molecule has 102 valence electrons. The first kappa shape index (κ1) is 13.7. The Balaban J connectivity index is 2.07. The lowest BCUT2D eigenvalue weighted by molar-refractivity contribution is -0.136. The molecule has 0 radical (unpaired) electrons. The van der Waals surface area contributed by atoms with Crippen LogP contribution in [-0.2, 0) is 11.2 Å². The van der Waals surface area contributed by atoms with Crippen molar-refractivity contribution >= 4 is 5.91 Å². The minimum absolute atomic E-state index is 0.0748. The molecule has 19 heavy (non-hydrogen) atoms. The smallest absolute Gasteiger partial charge is 0.229 e. The lowest BCUT2D eigenvalue weighted by Gasteiger charge is -2.29. The summed E-state index contributed by atoms with van der Waals surface area (Å²) >= 11 is 0. The van der Waals surface area contributed by atoms with E-state index in [1.54, 1.807) is 0 Å². The van der Waals surface area contributed by atoms with Gasteiger partial charge in [0.05, 0.1) is 5.92 Å². The zero-order valence-corrected chi connectivity index (χ0v) is 11.7. The van der Waals surface area contributed by atoms with E-state index in [-0.39, 0.29) is 11.8 Å². The maximum absolute atomic E-state index is 12.5. The van der Waals surface area contributed by atoms with E-state index >= 15 is 0 Å². The predicted molar refractivity (Wildman–Crippen MR) is 76.2 cm³/mol. The number of hydrogen-bond acceptors (Lipinski definition) is 2. The average Bonchev–Trinajstić information content (AvgIpc) is 2.43. The Morgan fingerprint density at radius 1 is 1.47 bits per heavy atom. The first-order chi connectivity index (χ1) is 9.11. The summed E-state index contributed by atoms with van der Waals surface area (Å²) in [5.74, 6) is 1.00. The van der Waals surface area contributed by atoms with Gasteiger partial charge in [-0.05, 0) is 31.9 Å². The second kappa shape index (κ2) is 5.91. The van der Waals surface area contributed by atoms with Gasteiger partial charge in [-0.3, -0.25) is 4.79 Å². The zero-order valence-electron chi connectivity index (χ0n) is 11.7. The van der Waals surface area contributed by atoms with E-state index < -0.39 is 0 Å². The Kier molecular flexibility index (Phi) is 4.25. The van der Waals surface area contributed by atoms with Gasteiger partial charge in [-0.1, -0.05) is 30.4 Å². The second-order valence-corrected chi connectivity index (χ2v) is 5.13. The van der Waals surface area contributed by atoms with Crippen LogP contribution in [0.25, 0.3) is 0 Å². The molecule has 3 heteroatoms. The molecule has 2 rings (SSSR count). The first-order valence-electron chi connectivity index (χ1n) is 6.75. The largest absolute Gasteiger partial charge is 0.492 e. The summed E-state index contributed by atoms with van der Waals surface area (Å²) in [6.07, 6.45) is 0.766. The third-order valence-corrected chi connectivity index (χ3v) is 3.38. The van der Waals surface area contributed by atoms with Gasteiger partial charge in [0, 0.05) is 13.1 Å². The minimum Gasteiger partial charge on any atom is -0.492 e. The van der Waals surface area contributed by atoms with Crippen molar-refractivity contribution in [3.8, 4) is 5.75 Å². The van der Waals surface area contributed by atoms with Crippen molar-refractivity contribution in [2.45, 2.75) is 20.3 Å². The Bertz CT molecular complexity index is 481. The van der Waals surface area contributed by atoms with Crippen molar-refractivity contribution in [1.29, 1.82) is 0 Å². The van der Waals surface area contributed by atoms with Gasteiger partial charge in [0.25, 0.3) is 0 Å². The fraction of sp³-hybridized carbons (Fsp3) is 0.438. The van der Waals surface area contributed by atoms with Crippen molar-refractivity contribution < 1.29 is 9.53 Å². The summed E-state index contributed by atoms with van der Waals surface area (Å²) in [6.45, 7) is 9.65. The highest BCUT2D eigenvalue weighted by Gasteiger charge is 2.28. The summed E-state index contributed by atoms with van der Waals surface area (Å²) in [5, 5.41) is 0. The van der Waals surface area contributed by atoms with Crippen molar-refractivity contribution in [3.05, 3.63) is 42.0 Å². The molecular weight excluding hydrogens is 238 g/mol. The molecule has 0 fully saturated rings. The van der Waals surface area contributed by atoms with Crippen LogP contribution in [0, 0.1) is 5.92 Å². The highest BCUT2D eigenvalue weighted by molar-refractivity contribution is 5.80. The summed E-state index contributed by atoms with van der Waals surface area (Å²) in [6, 6.07) is 7.94. The van der Waals surface area contributed by atoms with Gasteiger partial charge >= 0.3 is 0 Å². The van der Waals surface area contributed by atoms with Gasteiger partial charge in [-0.15, -0.1) is 0 Å². The number of benzene rings is 1. The molecule has 0 N–H and O–H groups in total. The van der Waals surface area contributed by atoms with Crippen molar-refractivity contribution in [2.75, 3.05) is 19.7 Å². The van der Waals surface area contributed by atoms with Gasteiger partial charge in [0.15, 0.2) is 0 Å². The Labute approximate surface area is 114 Å². The first-order valence-corrected chi connectivity index (χ1v) is 6.75. The zero-order chi connectivity index (χ0) is 13.8. The Hall–Kier alpha value is -1.77. The van der Waals surface area contributed by atoms with Gasteiger partial charge in [-0.2, -0.15) is 0 Å². The number of ether oxygens (including phenoxy) is 1. The molecule has 0 saturated heterocycles. The SMILES string of the molecule is C=C(C)CN(CC)C(=O)C1COc2ccccc2C1. The lowest BCUT2D eigenvalue weighted by atomic mass is 9.95. The second-order valence-electron chi connectivity index (χ2n) is 5.13. The fourth-order valence-corrected chi connectivity index (χ4v) is 2.42. The third-order valence-electron chi connectivity index (χ3n) is 3.38. The number of para-hydroxylation sites is 1. The molecule has 3 nitrogen and oxygen atoms in total. The van der Waals surface area contributed by atoms with Crippen LogP contribution in [-0.4, -0.2) is 30.5 Å². The number of carbonyl (C=O) groups is 1. The summed E-state index contributed by atoms with van der Waals surface area (Å²) in [7, 11) is 0. The van der Waals surface area contributed by atoms with Crippen LogP contribution < -0.4 is 4.74 Å². The fourth-order valence-electron chi connectivity index (χ4n) is 2.42. The number of likely N-dealkylation sites (N-methyl/N-ethyl adjacent to an activating group) is 1. The normalized spacial score (nSPS) is 17.3. The molecule has 1 amide bonds. The number of nitrogens with zero attached hydrogens (tertiary/aromatic N) is 1. The van der Waals surface area contributed by atoms with Crippen LogP contribution in [0.5, 0.6) is 5.75 Å². The maximum Gasteiger partial charge on any atom is 0.229 e. The molecule has 0 bridgehead atoms. The maximum atomic E-state index is 12.5. The van der Waals surface area contributed by atoms with E-state index in [0.29, 0.717) is 19.7 Å². The van der Waals surface area contributed by atoms with Gasteiger partial charge in [0.1, 0.15) is 12.4 Å². The third kappa shape index (κ3) is 3.16. The molecule has 0 aromatic heterocycles. The summed E-state index contributed by atoms with van der Waals surface area (Å²) < 4.78 is 5.69. The quantitative estimate of drug-likeness (QED) is 0.778. The number of hydrogen-bond donors (Lipinski definition) is 0. The average molecular weight is 259 g/mol. The van der Waals surface area contributed by atoms with Gasteiger partial charge < -0.3 is 9.64 Å². The molecular formula is C16H21NO2. The van der Waals surface area contributed by atoms with E-state index in [4.69, 9.17) is 4.74 Å². The molecule has 1 unspecified atom stereocenters. The van der Waals surface area contributed by atoms with E-state index in [0.717, 1.165) is 23.3 Å². The number of amides is 1. The van der Waals surface area contributed by atoms with Crippen molar-refractivity contribution in [2.24, 2.45) is 5.92 Å². The van der Waals surface area contributed by atoms with E-state index in [1.807, 2.05) is 43.0 Å². The lowest BCUT2D eigenvalue weighted by Crippen LogP contribution is -2.41. The Morgan fingerprint density at radius 2 is 2.21 bits per heavy atom. The van der Waals surface area contributed by atoms with E-state index in [1.165, 1.54) is 0 Å². The molecule has 1 aliphatic heterocycles. The molecule has 0 saturated carbocycles. The van der Waals surface area contributed by atoms with Crippen LogP contribution in [0.4, 0.5) is 0 Å². The minimum atomic E-state index is -0.0748. The summed E-state index contributed by atoms with van der Waals surface area (Å²) in [5.41, 5.74) is 2.13. The molecule has 1 aromatic rings. The highest BCUT2D eigenvalue weighted by Crippen LogP contribution is 2.27. The van der Waals surface area contributed by atoms with Gasteiger partial charge in [-0.25, -0.2) is 0 Å². The van der Waals surface area contributed by atoms with E-state index in [2.05, 4.69) is 6.58 Å². The van der Waals surface area contributed by atoms with Gasteiger partial charge in [0.2, 0.25) is 5.91 Å². The molecule has 1 heterocycles. The van der Waals surface area contributed by atoms with Crippen LogP contribution in [0.1, 0.15) is 19.4 Å². The predicted octanol–water partition coefficient (Wildman–Crippen LogP) is 2.66. The molecule has 1 aromatic carbocycles. The summed E-state index contributed by atoms with van der Waals surface area (Å²) in [4.78, 5) is 14.3. The highest BCUT2D eigenvalue weighted by atomic mass is 16.5. The molecule has 0 spiro atoms. The number of fused-ring (bicyclic) bond motifs is 1. The monoisotopic (exact) mass is 259 g/mol. The standard InChI is InChI=1S/C16H21NO2/c1-4-17(10-12(2)3)16(18)14-9-13-7-5-6-8-15(13)19-11-14/h5-8,14H,2,4,9-11H2,1,3H3. The van der Waals surface area contributed by atoms with E-state index in [9.17, 15) is 4.79 Å². The topological polar surface area (TPSA) is 29.5 Å². The van der Waals surface area contributed by atoms with Crippen LogP contribution in [0.3, 0.4) is 0 Å². The Morgan fingerprint density at radius 3 is 2.89 bits per heavy atom. The van der Waals surface area contributed by atoms with Crippen LogP contribution >= 0.6 is 0 Å². The number of carbonyl (C=O) groups excluding carboxylic acids is 1. The van der Waals surface area contributed by atoms with Crippen LogP contribution in [0.15, 0.2) is 36.4 Å².